The zero-order valence-electron chi connectivity index (χ0n) is 14.4. The molecule has 1 aromatic carbocycles. The Labute approximate surface area is 152 Å². The van der Waals surface area contributed by atoms with Crippen LogP contribution in [0.5, 0.6) is 11.5 Å². The molecule has 6 nitrogen and oxygen atoms in total. The number of aromatic nitrogens is 2. The van der Waals surface area contributed by atoms with Crippen LogP contribution in [0.4, 0.5) is 0 Å². The van der Waals surface area contributed by atoms with Gasteiger partial charge in [-0.15, -0.1) is 0 Å². The molecule has 0 radical (unpaired) electrons. The van der Waals surface area contributed by atoms with E-state index in [1.807, 2.05) is 25.5 Å². The first-order valence-corrected chi connectivity index (χ1v) is 9.10. The predicted octanol–water partition coefficient (Wildman–Crippen LogP) is 2.38. The van der Waals surface area contributed by atoms with Crippen LogP contribution in [0.25, 0.3) is 0 Å². The number of benzene rings is 1. The van der Waals surface area contributed by atoms with E-state index in [2.05, 4.69) is 25.8 Å². The van der Waals surface area contributed by atoms with E-state index in [0.29, 0.717) is 24.0 Å². The predicted molar refractivity (Wildman–Crippen MR) is 96.3 cm³/mol. The van der Waals surface area contributed by atoms with Gasteiger partial charge in [-0.25, -0.2) is 4.98 Å². The molecule has 0 saturated carbocycles. The standard InChI is InChI=1S/C18H23ClN4O2/c1-22-5-4-21-18(22)15-11-20-3-6-23(15)12-13-9-14(19)17-16(10-13)24-7-2-8-25-17/h4-5,9-10,15,20H,2-3,6-8,11-12H2,1H3. The molecule has 2 aromatic rings. The first-order valence-electron chi connectivity index (χ1n) is 8.72. The average molecular weight is 363 g/mol. The molecular weight excluding hydrogens is 340 g/mol. The molecule has 25 heavy (non-hydrogen) atoms. The lowest BCUT2D eigenvalue weighted by Crippen LogP contribution is -2.46. The molecule has 134 valence electrons. The zero-order valence-corrected chi connectivity index (χ0v) is 15.1. The Balaban J connectivity index is 1.59. The van der Waals surface area contributed by atoms with Crippen LogP contribution in [0, 0.1) is 0 Å². The summed E-state index contributed by atoms with van der Waals surface area (Å²) in [6, 6.07) is 4.29. The molecule has 2 aliphatic heterocycles. The summed E-state index contributed by atoms with van der Waals surface area (Å²) >= 11 is 6.45. The van der Waals surface area contributed by atoms with Crippen molar-refractivity contribution in [1.29, 1.82) is 0 Å². The maximum Gasteiger partial charge on any atom is 0.179 e. The largest absolute Gasteiger partial charge is 0.489 e. The van der Waals surface area contributed by atoms with Crippen molar-refractivity contribution >= 4 is 11.6 Å². The van der Waals surface area contributed by atoms with Crippen LogP contribution in [-0.4, -0.2) is 47.3 Å². The SMILES string of the molecule is Cn1ccnc1C1CNCCN1Cc1cc(Cl)c2c(c1)OCCCO2. The van der Waals surface area contributed by atoms with E-state index in [0.717, 1.165) is 49.7 Å². The highest BCUT2D eigenvalue weighted by molar-refractivity contribution is 6.32. The highest BCUT2D eigenvalue weighted by Gasteiger charge is 2.27. The first-order chi connectivity index (χ1) is 12.2. The average Bonchev–Trinajstić information content (AvgIpc) is 2.88. The van der Waals surface area contributed by atoms with E-state index in [9.17, 15) is 0 Å². The lowest BCUT2D eigenvalue weighted by atomic mass is 10.1. The van der Waals surface area contributed by atoms with Gasteiger partial charge in [0.25, 0.3) is 0 Å². The molecule has 1 unspecified atom stereocenters. The molecule has 7 heteroatoms. The molecule has 2 aliphatic rings. The second-order valence-corrected chi connectivity index (χ2v) is 6.95. The van der Waals surface area contributed by atoms with Gasteiger partial charge in [-0.3, -0.25) is 4.90 Å². The van der Waals surface area contributed by atoms with Gasteiger partial charge in [0.15, 0.2) is 11.5 Å². The maximum atomic E-state index is 6.45. The summed E-state index contributed by atoms with van der Waals surface area (Å²) in [7, 11) is 2.04. The molecule has 3 heterocycles. The van der Waals surface area contributed by atoms with Crippen molar-refractivity contribution < 1.29 is 9.47 Å². The minimum Gasteiger partial charge on any atom is -0.489 e. The van der Waals surface area contributed by atoms with E-state index in [1.54, 1.807) is 0 Å². The van der Waals surface area contributed by atoms with Crippen LogP contribution in [0.3, 0.4) is 0 Å². The van der Waals surface area contributed by atoms with Gasteiger partial charge >= 0.3 is 0 Å². The quantitative estimate of drug-likeness (QED) is 0.908. The smallest absolute Gasteiger partial charge is 0.179 e. The monoisotopic (exact) mass is 362 g/mol. The van der Waals surface area contributed by atoms with Gasteiger partial charge < -0.3 is 19.4 Å². The third-order valence-electron chi connectivity index (χ3n) is 4.76. The molecular formula is C18H23ClN4O2. The highest BCUT2D eigenvalue weighted by atomic mass is 35.5. The summed E-state index contributed by atoms with van der Waals surface area (Å²) in [5.74, 6) is 2.50. The van der Waals surface area contributed by atoms with Crippen LogP contribution >= 0.6 is 11.6 Å². The van der Waals surface area contributed by atoms with Crippen LogP contribution in [0.2, 0.25) is 5.02 Å². The van der Waals surface area contributed by atoms with Crippen molar-refractivity contribution in [3.05, 3.63) is 40.9 Å². The number of fused-ring (bicyclic) bond motifs is 1. The van der Waals surface area contributed by atoms with Crippen molar-refractivity contribution in [2.24, 2.45) is 7.05 Å². The summed E-state index contributed by atoms with van der Waals surface area (Å²) in [5, 5.41) is 4.09. The van der Waals surface area contributed by atoms with Crippen LogP contribution in [0.15, 0.2) is 24.5 Å². The number of hydrogen-bond acceptors (Lipinski definition) is 5. The molecule has 4 rings (SSSR count). The number of rotatable bonds is 3. The third-order valence-corrected chi connectivity index (χ3v) is 5.04. The second kappa shape index (κ2) is 7.23. The third kappa shape index (κ3) is 3.47. The molecule has 1 saturated heterocycles. The van der Waals surface area contributed by atoms with E-state index in [1.165, 1.54) is 0 Å². The number of ether oxygens (including phenoxy) is 2. The fourth-order valence-electron chi connectivity index (χ4n) is 3.50. The molecule has 0 bridgehead atoms. The number of imidazole rings is 1. The molecule has 1 fully saturated rings. The Morgan fingerprint density at radius 1 is 1.32 bits per heavy atom. The Hall–Kier alpha value is -1.76. The fourth-order valence-corrected chi connectivity index (χ4v) is 3.79. The summed E-state index contributed by atoms with van der Waals surface area (Å²) in [4.78, 5) is 6.98. The number of nitrogens with zero attached hydrogens (tertiary/aromatic N) is 3. The topological polar surface area (TPSA) is 51.6 Å². The highest BCUT2D eigenvalue weighted by Crippen LogP contribution is 2.38. The van der Waals surface area contributed by atoms with Crippen LogP contribution in [-0.2, 0) is 13.6 Å². The van der Waals surface area contributed by atoms with Crippen molar-refractivity contribution in [1.82, 2.24) is 19.8 Å². The Bertz CT molecular complexity index is 749. The number of nitrogens with one attached hydrogen (secondary N) is 1. The van der Waals surface area contributed by atoms with Crippen LogP contribution in [0.1, 0.15) is 23.9 Å². The van der Waals surface area contributed by atoms with Crippen molar-refractivity contribution in [2.45, 2.75) is 19.0 Å². The first kappa shape index (κ1) is 16.7. The van der Waals surface area contributed by atoms with E-state index < -0.39 is 0 Å². The molecule has 1 aromatic heterocycles. The molecule has 1 atom stereocenters. The van der Waals surface area contributed by atoms with Gasteiger partial charge in [0.05, 0.1) is 24.3 Å². The van der Waals surface area contributed by atoms with Gasteiger partial charge in [-0.2, -0.15) is 0 Å². The zero-order chi connectivity index (χ0) is 17.2. The summed E-state index contributed by atoms with van der Waals surface area (Å²) in [6.07, 6.45) is 4.72. The minimum atomic E-state index is 0.239. The van der Waals surface area contributed by atoms with E-state index in [-0.39, 0.29) is 6.04 Å². The Morgan fingerprint density at radius 2 is 2.20 bits per heavy atom. The van der Waals surface area contributed by atoms with Crippen LogP contribution < -0.4 is 14.8 Å². The lowest BCUT2D eigenvalue weighted by Gasteiger charge is -2.35. The van der Waals surface area contributed by atoms with Gasteiger partial charge in [-0.1, -0.05) is 11.6 Å². The minimum absolute atomic E-state index is 0.239. The van der Waals surface area contributed by atoms with E-state index in [4.69, 9.17) is 21.1 Å². The normalized spacial score (nSPS) is 21.1. The number of hydrogen-bond donors (Lipinski definition) is 1. The number of piperazine rings is 1. The van der Waals surface area contributed by atoms with Gasteiger partial charge in [0.1, 0.15) is 5.82 Å². The molecule has 0 amide bonds. The van der Waals surface area contributed by atoms with E-state index >= 15 is 0 Å². The van der Waals surface area contributed by atoms with Gasteiger partial charge in [0.2, 0.25) is 0 Å². The van der Waals surface area contributed by atoms with Gasteiger partial charge in [-0.05, 0) is 17.7 Å². The Kier molecular flexibility index (Phi) is 4.83. The lowest BCUT2D eigenvalue weighted by molar-refractivity contribution is 0.144. The van der Waals surface area contributed by atoms with Crippen molar-refractivity contribution in [3.8, 4) is 11.5 Å². The molecule has 1 N–H and O–H groups in total. The summed E-state index contributed by atoms with van der Waals surface area (Å²) in [5.41, 5.74) is 1.13. The Morgan fingerprint density at radius 3 is 3.04 bits per heavy atom. The molecule has 0 spiro atoms. The van der Waals surface area contributed by atoms with Crippen molar-refractivity contribution in [3.63, 3.8) is 0 Å². The second-order valence-electron chi connectivity index (χ2n) is 6.54. The number of aryl methyl sites for hydroxylation is 1. The maximum absolute atomic E-state index is 6.45. The number of halogens is 1. The summed E-state index contributed by atoms with van der Waals surface area (Å²) < 4.78 is 13.6. The fraction of sp³-hybridized carbons (Fsp3) is 0.500. The van der Waals surface area contributed by atoms with Gasteiger partial charge in [0, 0.05) is 52.0 Å². The molecule has 0 aliphatic carbocycles. The summed E-state index contributed by atoms with van der Waals surface area (Å²) in [6.45, 7) is 4.93. The van der Waals surface area contributed by atoms with Crippen molar-refractivity contribution in [2.75, 3.05) is 32.8 Å².